The molecule has 1 heterocycles. The van der Waals surface area contributed by atoms with E-state index in [1.807, 2.05) is 30.3 Å². The summed E-state index contributed by atoms with van der Waals surface area (Å²) in [6, 6.07) is 7.40. The lowest BCUT2D eigenvalue weighted by Crippen LogP contribution is -2.52. The van der Waals surface area contributed by atoms with Gasteiger partial charge < -0.3 is 20.3 Å². The molecule has 1 fully saturated rings. The van der Waals surface area contributed by atoms with Crippen molar-refractivity contribution in [3.8, 4) is 0 Å². The lowest BCUT2D eigenvalue weighted by molar-refractivity contribution is -0.120. The van der Waals surface area contributed by atoms with Gasteiger partial charge in [0.2, 0.25) is 0 Å². The number of ether oxygens (including phenoxy) is 2. The van der Waals surface area contributed by atoms with Gasteiger partial charge in [-0.1, -0.05) is 30.3 Å². The number of rotatable bonds is 5. The van der Waals surface area contributed by atoms with E-state index < -0.39 is 35.7 Å². The molecule has 0 spiro atoms. The Kier molecular flexibility index (Phi) is 6.89. The minimum absolute atomic E-state index is 0.0753. The number of Topliss-reactive ketones (excluding diaryl/α,β-unsaturated/α-hetero) is 1. The highest BCUT2D eigenvalue weighted by atomic mass is 16.6. The Balaban J connectivity index is 2.05. The molecule has 1 aliphatic heterocycles. The summed E-state index contributed by atoms with van der Waals surface area (Å²) in [4.78, 5) is 40.9. The van der Waals surface area contributed by atoms with Crippen LogP contribution in [0.5, 0.6) is 0 Å². The number of hydrogen-bond donors (Lipinski definition) is 1. The van der Waals surface area contributed by atoms with Crippen molar-refractivity contribution in [2.45, 2.75) is 51.5 Å². The molecule has 1 aromatic rings. The standard InChI is InChI=1S/C19H24N4O5/c1-19(2,3)28-18(26)23-10-9-14(16(23)15(24)11-21-20)22-17(25)27-12-13-7-5-4-6-8-13/h4-8,11,14,16H,9-10,12H2,1-3H3,(H,22,25). The van der Waals surface area contributed by atoms with Crippen molar-refractivity contribution in [1.29, 1.82) is 0 Å². The molecule has 2 unspecified atom stereocenters. The number of alkyl carbamates (subject to hydrolysis) is 1. The van der Waals surface area contributed by atoms with Crippen LogP contribution in [0, 0.1) is 0 Å². The van der Waals surface area contributed by atoms with Gasteiger partial charge in [0.15, 0.2) is 0 Å². The summed E-state index contributed by atoms with van der Waals surface area (Å²) in [6.07, 6.45) is -0.357. The third kappa shape index (κ3) is 5.92. The predicted octanol–water partition coefficient (Wildman–Crippen LogP) is 2.16. The Hall–Kier alpha value is -3.19. The number of amides is 2. The molecule has 1 aliphatic rings. The molecule has 0 aromatic heterocycles. The highest BCUT2D eigenvalue weighted by Gasteiger charge is 2.45. The van der Waals surface area contributed by atoms with E-state index in [1.165, 1.54) is 4.90 Å². The number of benzene rings is 1. The lowest BCUT2D eigenvalue weighted by Gasteiger charge is -2.28. The van der Waals surface area contributed by atoms with Gasteiger partial charge in [0.1, 0.15) is 18.2 Å². The van der Waals surface area contributed by atoms with E-state index in [4.69, 9.17) is 15.0 Å². The van der Waals surface area contributed by atoms with Gasteiger partial charge in [0.05, 0.1) is 6.04 Å². The van der Waals surface area contributed by atoms with E-state index in [0.29, 0.717) is 12.6 Å². The molecule has 150 valence electrons. The maximum absolute atomic E-state index is 12.4. The first-order chi connectivity index (χ1) is 13.2. The fourth-order valence-corrected chi connectivity index (χ4v) is 2.87. The van der Waals surface area contributed by atoms with E-state index in [1.54, 1.807) is 20.8 Å². The Morgan fingerprint density at radius 2 is 1.96 bits per heavy atom. The third-order valence-corrected chi connectivity index (χ3v) is 4.02. The number of ketones is 1. The second-order valence-electron chi connectivity index (χ2n) is 7.37. The average molecular weight is 388 g/mol. The van der Waals surface area contributed by atoms with Crippen molar-refractivity contribution in [2.75, 3.05) is 6.54 Å². The van der Waals surface area contributed by atoms with Crippen LogP contribution < -0.4 is 5.32 Å². The van der Waals surface area contributed by atoms with Crippen molar-refractivity contribution < 1.29 is 28.6 Å². The highest BCUT2D eigenvalue weighted by molar-refractivity contribution is 6.28. The molecule has 1 N–H and O–H groups in total. The topological polar surface area (TPSA) is 121 Å². The predicted molar refractivity (Wildman–Crippen MR) is 99.6 cm³/mol. The van der Waals surface area contributed by atoms with Crippen molar-refractivity contribution in [1.82, 2.24) is 10.2 Å². The summed E-state index contributed by atoms with van der Waals surface area (Å²) in [6.45, 7) is 5.41. The molecule has 1 aromatic carbocycles. The van der Waals surface area contributed by atoms with Crippen LogP contribution in [0.4, 0.5) is 9.59 Å². The molecule has 0 aliphatic carbocycles. The fraction of sp³-hybridized carbons (Fsp3) is 0.474. The summed E-state index contributed by atoms with van der Waals surface area (Å²) >= 11 is 0. The number of carbonyl (C=O) groups is 3. The van der Waals surface area contributed by atoms with Crippen molar-refractivity contribution >= 4 is 24.2 Å². The number of hydrogen-bond acceptors (Lipinski definition) is 5. The maximum atomic E-state index is 12.4. The Labute approximate surface area is 163 Å². The van der Waals surface area contributed by atoms with Crippen LogP contribution >= 0.6 is 0 Å². The van der Waals surface area contributed by atoms with E-state index in [0.717, 1.165) is 5.56 Å². The molecule has 0 saturated carbocycles. The van der Waals surface area contributed by atoms with Crippen molar-refractivity contribution in [2.24, 2.45) is 0 Å². The molecular weight excluding hydrogens is 364 g/mol. The first kappa shape index (κ1) is 21.1. The van der Waals surface area contributed by atoms with Crippen LogP contribution in [0.2, 0.25) is 0 Å². The number of nitrogens with zero attached hydrogens (tertiary/aromatic N) is 3. The van der Waals surface area contributed by atoms with Crippen LogP contribution in [0.3, 0.4) is 0 Å². The van der Waals surface area contributed by atoms with E-state index in [2.05, 4.69) is 10.1 Å². The summed E-state index contributed by atoms with van der Waals surface area (Å²) in [5.41, 5.74) is 8.77. The quantitative estimate of drug-likeness (QED) is 0.471. The smallest absolute Gasteiger partial charge is 0.410 e. The van der Waals surface area contributed by atoms with Gasteiger partial charge in [-0.15, -0.1) is 0 Å². The Morgan fingerprint density at radius 3 is 2.57 bits per heavy atom. The molecule has 2 rings (SSSR count). The van der Waals surface area contributed by atoms with Crippen LogP contribution in [-0.2, 0) is 20.9 Å². The Bertz CT molecular complexity index is 768. The zero-order chi connectivity index (χ0) is 20.7. The largest absolute Gasteiger partial charge is 0.445 e. The van der Waals surface area contributed by atoms with Gasteiger partial charge in [-0.2, -0.15) is 4.79 Å². The minimum Gasteiger partial charge on any atom is -0.445 e. The Morgan fingerprint density at radius 1 is 1.29 bits per heavy atom. The van der Waals surface area contributed by atoms with Crippen molar-refractivity contribution in [3.05, 3.63) is 41.4 Å². The molecule has 9 heteroatoms. The van der Waals surface area contributed by atoms with Gasteiger partial charge >= 0.3 is 18.4 Å². The number of carbonyl (C=O) groups excluding carboxylic acids is 3. The zero-order valence-electron chi connectivity index (χ0n) is 16.1. The second-order valence-corrected chi connectivity index (χ2v) is 7.37. The van der Waals surface area contributed by atoms with Gasteiger partial charge in [0, 0.05) is 6.54 Å². The number of nitrogens with one attached hydrogen (secondary N) is 1. The SMILES string of the molecule is CC(C)(C)OC(=O)N1CCC(NC(=O)OCc2ccccc2)C1C(=O)C=[N+]=[N-]. The molecule has 2 atom stereocenters. The molecule has 0 radical (unpaired) electrons. The van der Waals surface area contributed by atoms with Crippen LogP contribution in [-0.4, -0.2) is 58.1 Å². The first-order valence-corrected chi connectivity index (χ1v) is 8.89. The van der Waals surface area contributed by atoms with Gasteiger partial charge in [-0.3, -0.25) is 9.69 Å². The molecular formula is C19H24N4O5. The average Bonchev–Trinajstić information content (AvgIpc) is 3.03. The highest BCUT2D eigenvalue weighted by Crippen LogP contribution is 2.22. The van der Waals surface area contributed by atoms with Gasteiger partial charge in [-0.25, -0.2) is 9.59 Å². The van der Waals surface area contributed by atoms with Crippen LogP contribution in [0.1, 0.15) is 32.8 Å². The fourth-order valence-electron chi connectivity index (χ4n) is 2.87. The molecule has 28 heavy (non-hydrogen) atoms. The van der Waals surface area contributed by atoms with Gasteiger partial charge in [-0.05, 0) is 32.8 Å². The van der Waals surface area contributed by atoms with E-state index in [9.17, 15) is 14.4 Å². The van der Waals surface area contributed by atoms with Crippen LogP contribution in [0.15, 0.2) is 30.3 Å². The molecule has 0 bridgehead atoms. The van der Waals surface area contributed by atoms with Crippen molar-refractivity contribution in [3.63, 3.8) is 0 Å². The summed E-state index contributed by atoms with van der Waals surface area (Å²) < 4.78 is 10.5. The minimum atomic E-state index is -1.05. The molecule has 9 nitrogen and oxygen atoms in total. The first-order valence-electron chi connectivity index (χ1n) is 8.89. The summed E-state index contributed by atoms with van der Waals surface area (Å²) in [7, 11) is 0. The normalized spacial score (nSPS) is 18.8. The lowest BCUT2D eigenvalue weighted by atomic mass is 10.1. The summed E-state index contributed by atoms with van der Waals surface area (Å²) in [5, 5.41) is 2.61. The third-order valence-electron chi connectivity index (χ3n) is 4.02. The second kappa shape index (κ2) is 9.14. The molecule has 1 saturated heterocycles. The monoisotopic (exact) mass is 388 g/mol. The van der Waals surface area contributed by atoms with E-state index in [-0.39, 0.29) is 13.2 Å². The van der Waals surface area contributed by atoms with Gasteiger partial charge in [0.25, 0.3) is 5.78 Å². The maximum Gasteiger partial charge on any atom is 0.410 e. The van der Waals surface area contributed by atoms with E-state index >= 15 is 0 Å². The number of likely N-dealkylation sites (tertiary alicyclic amines) is 1. The molecule has 2 amide bonds. The summed E-state index contributed by atoms with van der Waals surface area (Å²) in [5.74, 6) is -0.626. The van der Waals surface area contributed by atoms with Crippen LogP contribution in [0.25, 0.3) is 5.53 Å². The zero-order valence-corrected chi connectivity index (χ0v) is 16.1.